The van der Waals surface area contributed by atoms with E-state index in [1.807, 2.05) is 79.7 Å². The predicted molar refractivity (Wildman–Crippen MR) is 103 cm³/mol. The van der Waals surface area contributed by atoms with Crippen LogP contribution in [0.25, 0.3) is 0 Å². The van der Waals surface area contributed by atoms with Crippen molar-refractivity contribution in [3.05, 3.63) is 102 Å². The third-order valence-corrected chi connectivity index (χ3v) is 6.96. The van der Waals surface area contributed by atoms with Crippen LogP contribution in [-0.4, -0.2) is 12.7 Å². The number of sulfonamides is 1. The van der Waals surface area contributed by atoms with E-state index in [1.165, 1.54) is 0 Å². The Labute approximate surface area is 155 Å². The van der Waals surface area contributed by atoms with Gasteiger partial charge in [-0.2, -0.15) is 4.31 Å². The van der Waals surface area contributed by atoms with E-state index >= 15 is 0 Å². The van der Waals surface area contributed by atoms with Gasteiger partial charge in [-0.25, -0.2) is 8.42 Å². The lowest BCUT2D eigenvalue weighted by molar-refractivity contribution is 0.111. The van der Waals surface area contributed by atoms with Gasteiger partial charge in [0, 0.05) is 0 Å². The van der Waals surface area contributed by atoms with Crippen molar-refractivity contribution in [1.82, 2.24) is 4.31 Å². The van der Waals surface area contributed by atoms with E-state index < -0.39 is 10.0 Å². The molecule has 0 spiro atoms. The third kappa shape index (κ3) is 2.96. The van der Waals surface area contributed by atoms with Crippen LogP contribution in [0.1, 0.15) is 35.2 Å². The highest BCUT2D eigenvalue weighted by molar-refractivity contribution is 7.89. The van der Waals surface area contributed by atoms with Crippen LogP contribution in [-0.2, 0) is 10.0 Å². The van der Waals surface area contributed by atoms with E-state index in [0.717, 1.165) is 23.1 Å². The Morgan fingerprint density at radius 2 is 1.19 bits per heavy atom. The molecule has 1 saturated heterocycles. The van der Waals surface area contributed by atoms with Crippen LogP contribution in [0.2, 0.25) is 0 Å². The third-order valence-electron chi connectivity index (χ3n) is 5.03. The fourth-order valence-corrected chi connectivity index (χ4v) is 5.39. The van der Waals surface area contributed by atoms with Gasteiger partial charge in [-0.3, -0.25) is 0 Å². The number of hydrogen-bond acceptors (Lipinski definition) is 2. The van der Waals surface area contributed by atoms with Gasteiger partial charge in [0.2, 0.25) is 10.0 Å². The van der Waals surface area contributed by atoms with Crippen LogP contribution in [0.3, 0.4) is 0 Å². The summed E-state index contributed by atoms with van der Waals surface area (Å²) in [5, 5.41) is 0. The molecule has 0 N–H and O–H groups in total. The normalized spacial score (nSPS) is 20.5. The van der Waals surface area contributed by atoms with Crippen LogP contribution in [0.4, 0.5) is 0 Å². The van der Waals surface area contributed by atoms with Gasteiger partial charge in [0.15, 0.2) is 0 Å². The van der Waals surface area contributed by atoms with E-state index in [9.17, 15) is 8.42 Å². The molecule has 1 aliphatic rings. The first-order valence-corrected chi connectivity index (χ1v) is 10.2. The van der Waals surface area contributed by atoms with Crippen LogP contribution in [0.15, 0.2) is 89.8 Å². The van der Waals surface area contributed by atoms with E-state index in [4.69, 9.17) is 0 Å². The SMILES string of the molecule is Cc1ccc(S(=O)(=O)N2[C@@H](c3ccccc3)C[C@H]2c2ccccc2)cc1. The molecule has 0 amide bonds. The second kappa shape index (κ2) is 6.71. The molecule has 0 radical (unpaired) electrons. The lowest BCUT2D eigenvalue weighted by Gasteiger charge is -2.47. The van der Waals surface area contributed by atoms with Crippen molar-refractivity contribution in [1.29, 1.82) is 0 Å². The number of nitrogens with zero attached hydrogens (tertiary/aromatic N) is 1. The minimum Gasteiger partial charge on any atom is -0.207 e. The zero-order chi connectivity index (χ0) is 18.1. The summed E-state index contributed by atoms with van der Waals surface area (Å²) in [6.07, 6.45) is 0.791. The molecular weight excluding hydrogens is 342 g/mol. The average molecular weight is 363 g/mol. The summed E-state index contributed by atoms with van der Waals surface area (Å²) in [7, 11) is -3.58. The summed E-state index contributed by atoms with van der Waals surface area (Å²) in [5.41, 5.74) is 3.12. The molecule has 0 unspecified atom stereocenters. The number of rotatable bonds is 4. The highest BCUT2D eigenvalue weighted by Crippen LogP contribution is 2.50. The lowest BCUT2D eigenvalue weighted by Crippen LogP contribution is -2.47. The quantitative estimate of drug-likeness (QED) is 0.663. The summed E-state index contributed by atoms with van der Waals surface area (Å²) in [5.74, 6) is 0. The van der Waals surface area contributed by atoms with E-state index in [2.05, 4.69) is 0 Å². The first-order valence-electron chi connectivity index (χ1n) is 8.77. The average Bonchev–Trinajstić information content (AvgIpc) is 2.63. The lowest BCUT2D eigenvalue weighted by atomic mass is 9.86. The van der Waals surface area contributed by atoms with Gasteiger partial charge in [-0.15, -0.1) is 0 Å². The van der Waals surface area contributed by atoms with Crippen LogP contribution >= 0.6 is 0 Å². The maximum absolute atomic E-state index is 13.4. The van der Waals surface area contributed by atoms with E-state index in [0.29, 0.717) is 4.90 Å². The van der Waals surface area contributed by atoms with Crippen LogP contribution in [0, 0.1) is 6.92 Å². The molecule has 4 rings (SSSR count). The van der Waals surface area contributed by atoms with Crippen molar-refractivity contribution in [2.75, 3.05) is 0 Å². The van der Waals surface area contributed by atoms with Gasteiger partial charge >= 0.3 is 0 Å². The Balaban J connectivity index is 1.77. The highest BCUT2D eigenvalue weighted by atomic mass is 32.2. The Morgan fingerprint density at radius 1 is 0.731 bits per heavy atom. The fourth-order valence-electron chi connectivity index (χ4n) is 3.58. The summed E-state index contributed by atoms with van der Waals surface area (Å²) in [4.78, 5) is 0.352. The molecule has 3 aromatic rings. The molecule has 3 nitrogen and oxygen atoms in total. The summed E-state index contributed by atoms with van der Waals surface area (Å²) in [6, 6.07) is 26.6. The Hall–Kier alpha value is -2.43. The van der Waals surface area contributed by atoms with Crippen LogP contribution < -0.4 is 0 Å². The Bertz CT molecular complexity index is 938. The molecule has 0 aromatic heterocycles. The maximum Gasteiger partial charge on any atom is 0.244 e. The molecule has 0 bridgehead atoms. The Kier molecular flexibility index (Phi) is 4.39. The molecule has 132 valence electrons. The molecule has 26 heavy (non-hydrogen) atoms. The van der Waals surface area contributed by atoms with Gasteiger partial charge in [-0.05, 0) is 36.6 Å². The molecule has 0 saturated carbocycles. The molecular formula is C22H21NO2S. The van der Waals surface area contributed by atoms with Crippen molar-refractivity contribution in [3.63, 3.8) is 0 Å². The van der Waals surface area contributed by atoms with Gasteiger partial charge < -0.3 is 0 Å². The standard InChI is InChI=1S/C22H21NO2S/c1-17-12-14-20(15-13-17)26(24,25)23-21(18-8-4-2-5-9-18)16-22(23)19-10-6-3-7-11-19/h2-15,21-22H,16H2,1H3/t21-,22+. The summed E-state index contributed by atoms with van der Waals surface area (Å²) < 4.78 is 28.5. The minimum absolute atomic E-state index is 0.132. The maximum atomic E-state index is 13.4. The molecule has 0 aliphatic carbocycles. The number of benzene rings is 3. The van der Waals surface area contributed by atoms with Crippen LogP contribution in [0.5, 0.6) is 0 Å². The second-order valence-electron chi connectivity index (χ2n) is 6.74. The first kappa shape index (κ1) is 17.0. The van der Waals surface area contributed by atoms with Crippen molar-refractivity contribution in [2.24, 2.45) is 0 Å². The summed E-state index contributed by atoms with van der Waals surface area (Å²) in [6.45, 7) is 1.96. The van der Waals surface area contributed by atoms with Crippen molar-refractivity contribution in [3.8, 4) is 0 Å². The molecule has 2 atom stereocenters. The van der Waals surface area contributed by atoms with Gasteiger partial charge in [0.05, 0.1) is 17.0 Å². The molecule has 1 aliphatic heterocycles. The monoisotopic (exact) mass is 363 g/mol. The number of aryl methyl sites for hydroxylation is 1. The van der Waals surface area contributed by atoms with Gasteiger partial charge in [0.25, 0.3) is 0 Å². The fraction of sp³-hybridized carbons (Fsp3) is 0.182. The van der Waals surface area contributed by atoms with E-state index in [-0.39, 0.29) is 12.1 Å². The van der Waals surface area contributed by atoms with Crippen molar-refractivity contribution < 1.29 is 8.42 Å². The van der Waals surface area contributed by atoms with Crippen molar-refractivity contribution >= 4 is 10.0 Å². The van der Waals surface area contributed by atoms with Crippen molar-refractivity contribution in [2.45, 2.75) is 30.3 Å². The first-order chi connectivity index (χ1) is 12.6. The second-order valence-corrected chi connectivity index (χ2v) is 8.58. The zero-order valence-electron chi connectivity index (χ0n) is 14.6. The summed E-state index contributed by atoms with van der Waals surface area (Å²) >= 11 is 0. The molecule has 1 heterocycles. The zero-order valence-corrected chi connectivity index (χ0v) is 15.4. The Morgan fingerprint density at radius 3 is 1.65 bits per heavy atom. The molecule has 4 heteroatoms. The number of hydrogen-bond donors (Lipinski definition) is 0. The van der Waals surface area contributed by atoms with E-state index in [1.54, 1.807) is 16.4 Å². The molecule has 1 fully saturated rings. The smallest absolute Gasteiger partial charge is 0.207 e. The van der Waals surface area contributed by atoms with Gasteiger partial charge in [-0.1, -0.05) is 78.4 Å². The highest BCUT2D eigenvalue weighted by Gasteiger charge is 2.47. The predicted octanol–water partition coefficient (Wildman–Crippen LogP) is 4.87. The minimum atomic E-state index is -3.58. The van der Waals surface area contributed by atoms with Gasteiger partial charge in [0.1, 0.15) is 0 Å². The topological polar surface area (TPSA) is 37.4 Å². The molecule has 3 aromatic carbocycles. The largest absolute Gasteiger partial charge is 0.244 e.